The Labute approximate surface area is 119 Å². The standard InChI is InChI=1S/C11H14FNO5S2/c12-8-1-2-10(19-8)20(17,18)13-5-3-11(16,4-6-13)7-9(14)15/h1-2,16H,3-7H2,(H,14,15). The van der Waals surface area contributed by atoms with Crippen LogP contribution in [0.1, 0.15) is 19.3 Å². The quantitative estimate of drug-likeness (QED) is 0.857. The first-order chi connectivity index (χ1) is 9.23. The topological polar surface area (TPSA) is 94.9 Å². The van der Waals surface area contributed by atoms with Gasteiger partial charge < -0.3 is 10.2 Å². The van der Waals surface area contributed by atoms with Crippen molar-refractivity contribution in [3.05, 3.63) is 17.3 Å². The lowest BCUT2D eigenvalue weighted by atomic mass is 9.89. The Kier molecular flexibility index (Phi) is 4.14. The summed E-state index contributed by atoms with van der Waals surface area (Å²) in [5, 5.41) is 18.2. The highest BCUT2D eigenvalue weighted by atomic mass is 32.2. The molecule has 20 heavy (non-hydrogen) atoms. The van der Waals surface area contributed by atoms with E-state index >= 15 is 0 Å². The van der Waals surface area contributed by atoms with Gasteiger partial charge in [0, 0.05) is 13.1 Å². The normalized spacial score (nSPS) is 19.9. The number of halogens is 1. The van der Waals surface area contributed by atoms with Crippen LogP contribution in [0.25, 0.3) is 0 Å². The number of carboxylic acid groups (broad SMARTS) is 1. The molecule has 0 amide bonds. The summed E-state index contributed by atoms with van der Waals surface area (Å²) in [6.07, 6.45) is -0.312. The molecular formula is C11H14FNO5S2. The third-order valence-corrected chi connectivity index (χ3v) is 6.52. The van der Waals surface area contributed by atoms with Crippen LogP contribution in [-0.2, 0) is 14.8 Å². The predicted molar refractivity (Wildman–Crippen MR) is 69.5 cm³/mol. The van der Waals surface area contributed by atoms with Crippen molar-refractivity contribution in [3.8, 4) is 0 Å². The number of hydrogen-bond acceptors (Lipinski definition) is 5. The maximum atomic E-state index is 12.9. The molecular weight excluding hydrogens is 309 g/mol. The van der Waals surface area contributed by atoms with Gasteiger partial charge in [0.15, 0.2) is 5.13 Å². The number of carbonyl (C=O) groups is 1. The van der Waals surface area contributed by atoms with Crippen molar-refractivity contribution in [2.45, 2.75) is 29.1 Å². The summed E-state index contributed by atoms with van der Waals surface area (Å²) in [6, 6.07) is 2.29. The van der Waals surface area contributed by atoms with Crippen LogP contribution in [-0.4, -0.2) is 47.6 Å². The molecule has 1 aromatic rings. The lowest BCUT2D eigenvalue weighted by Crippen LogP contribution is -2.47. The van der Waals surface area contributed by atoms with E-state index in [1.165, 1.54) is 6.07 Å². The highest BCUT2D eigenvalue weighted by Gasteiger charge is 2.38. The van der Waals surface area contributed by atoms with Gasteiger partial charge in [0.2, 0.25) is 0 Å². The third-order valence-electron chi connectivity index (χ3n) is 3.28. The van der Waals surface area contributed by atoms with E-state index in [0.29, 0.717) is 11.3 Å². The Bertz CT molecular complexity index is 604. The number of rotatable bonds is 4. The monoisotopic (exact) mass is 323 g/mol. The maximum Gasteiger partial charge on any atom is 0.306 e. The molecule has 1 aromatic heterocycles. The fraction of sp³-hybridized carbons (Fsp3) is 0.545. The van der Waals surface area contributed by atoms with Gasteiger partial charge in [0.05, 0.1) is 12.0 Å². The summed E-state index contributed by atoms with van der Waals surface area (Å²) in [5.74, 6) is -1.12. The lowest BCUT2D eigenvalue weighted by Gasteiger charge is -2.36. The first kappa shape index (κ1) is 15.4. The Hall–Kier alpha value is -1.03. The van der Waals surface area contributed by atoms with Crippen molar-refractivity contribution < 1.29 is 27.8 Å². The summed E-state index contributed by atoms with van der Waals surface area (Å²) >= 11 is 0.546. The summed E-state index contributed by atoms with van der Waals surface area (Å²) in [5.41, 5.74) is -1.38. The van der Waals surface area contributed by atoms with Crippen LogP contribution in [0.15, 0.2) is 16.3 Å². The first-order valence-electron chi connectivity index (χ1n) is 5.93. The molecule has 2 N–H and O–H groups in total. The van der Waals surface area contributed by atoms with E-state index in [0.717, 1.165) is 10.4 Å². The smallest absolute Gasteiger partial charge is 0.306 e. The first-order valence-corrected chi connectivity index (χ1v) is 8.18. The molecule has 0 saturated carbocycles. The van der Waals surface area contributed by atoms with Crippen molar-refractivity contribution >= 4 is 27.3 Å². The molecule has 0 aliphatic carbocycles. The van der Waals surface area contributed by atoms with Gasteiger partial charge in [-0.2, -0.15) is 8.70 Å². The summed E-state index contributed by atoms with van der Waals surface area (Å²) in [7, 11) is -3.77. The van der Waals surface area contributed by atoms with E-state index in [1.807, 2.05) is 0 Å². The van der Waals surface area contributed by atoms with Crippen LogP contribution in [0.3, 0.4) is 0 Å². The van der Waals surface area contributed by atoms with Crippen molar-refractivity contribution in [2.75, 3.05) is 13.1 Å². The molecule has 0 bridgehead atoms. The molecule has 6 nitrogen and oxygen atoms in total. The summed E-state index contributed by atoms with van der Waals surface area (Å²) in [6.45, 7) is 0.0390. The van der Waals surface area contributed by atoms with E-state index < -0.39 is 33.1 Å². The number of aliphatic hydroxyl groups is 1. The molecule has 0 radical (unpaired) electrons. The summed E-state index contributed by atoms with van der Waals surface area (Å²) < 4.78 is 38.4. The van der Waals surface area contributed by atoms with Gasteiger partial charge in [-0.1, -0.05) is 11.3 Å². The molecule has 0 aromatic carbocycles. The van der Waals surface area contributed by atoms with Crippen molar-refractivity contribution in [2.24, 2.45) is 0 Å². The van der Waals surface area contributed by atoms with Gasteiger partial charge in [-0.25, -0.2) is 8.42 Å². The third kappa shape index (κ3) is 3.17. The van der Waals surface area contributed by atoms with E-state index in [2.05, 4.69) is 0 Å². The lowest BCUT2D eigenvalue weighted by molar-refractivity contribution is -0.144. The minimum absolute atomic E-state index is 0.0195. The molecule has 0 unspecified atom stereocenters. The maximum absolute atomic E-state index is 12.9. The van der Waals surface area contributed by atoms with Crippen LogP contribution >= 0.6 is 11.3 Å². The Morgan fingerprint density at radius 3 is 2.45 bits per heavy atom. The van der Waals surface area contributed by atoms with Gasteiger partial charge >= 0.3 is 5.97 Å². The fourth-order valence-corrected chi connectivity index (χ4v) is 4.76. The van der Waals surface area contributed by atoms with Gasteiger partial charge in [0.1, 0.15) is 4.21 Å². The van der Waals surface area contributed by atoms with Gasteiger partial charge in [0.25, 0.3) is 10.0 Å². The molecule has 2 rings (SSSR count). The average Bonchev–Trinajstić information content (AvgIpc) is 2.75. The molecule has 1 aliphatic rings. The van der Waals surface area contributed by atoms with Crippen LogP contribution < -0.4 is 0 Å². The van der Waals surface area contributed by atoms with Crippen LogP contribution in [0.5, 0.6) is 0 Å². The number of carboxylic acids is 1. The largest absolute Gasteiger partial charge is 0.481 e. The molecule has 9 heteroatoms. The number of thiophene rings is 1. The van der Waals surface area contributed by atoms with Crippen molar-refractivity contribution in [1.82, 2.24) is 4.31 Å². The van der Waals surface area contributed by atoms with Crippen LogP contribution in [0.4, 0.5) is 4.39 Å². The molecule has 2 heterocycles. The predicted octanol–water partition coefficient (Wildman–Crippen LogP) is 0.878. The molecule has 0 spiro atoms. The Morgan fingerprint density at radius 2 is 2.00 bits per heavy atom. The van der Waals surface area contributed by atoms with E-state index in [-0.39, 0.29) is 30.1 Å². The minimum atomic E-state index is -3.77. The van der Waals surface area contributed by atoms with E-state index in [9.17, 15) is 22.7 Å². The van der Waals surface area contributed by atoms with Crippen LogP contribution in [0.2, 0.25) is 0 Å². The molecule has 1 aliphatic heterocycles. The van der Waals surface area contributed by atoms with Gasteiger partial charge in [-0.05, 0) is 25.0 Å². The van der Waals surface area contributed by atoms with Crippen molar-refractivity contribution in [3.63, 3.8) is 0 Å². The van der Waals surface area contributed by atoms with E-state index in [4.69, 9.17) is 5.11 Å². The zero-order valence-corrected chi connectivity index (χ0v) is 12.1. The number of sulfonamides is 1. The Balaban J connectivity index is 2.09. The number of piperidine rings is 1. The second-order valence-electron chi connectivity index (χ2n) is 4.76. The molecule has 112 valence electrons. The average molecular weight is 323 g/mol. The van der Waals surface area contributed by atoms with Crippen molar-refractivity contribution in [1.29, 1.82) is 0 Å². The van der Waals surface area contributed by atoms with Crippen LogP contribution in [0, 0.1) is 5.13 Å². The fourth-order valence-electron chi connectivity index (χ4n) is 2.16. The molecule has 0 atom stereocenters. The second kappa shape index (κ2) is 5.40. The zero-order valence-electron chi connectivity index (χ0n) is 10.5. The second-order valence-corrected chi connectivity index (χ2v) is 7.96. The highest BCUT2D eigenvalue weighted by molar-refractivity contribution is 7.91. The number of hydrogen-bond donors (Lipinski definition) is 2. The van der Waals surface area contributed by atoms with Gasteiger partial charge in [-0.3, -0.25) is 4.79 Å². The molecule has 1 saturated heterocycles. The van der Waals surface area contributed by atoms with E-state index in [1.54, 1.807) is 0 Å². The minimum Gasteiger partial charge on any atom is -0.481 e. The van der Waals surface area contributed by atoms with Gasteiger partial charge in [-0.15, -0.1) is 0 Å². The number of nitrogens with zero attached hydrogens (tertiary/aromatic N) is 1. The Morgan fingerprint density at radius 1 is 1.40 bits per heavy atom. The number of aliphatic carboxylic acids is 1. The summed E-state index contributed by atoms with van der Waals surface area (Å²) in [4.78, 5) is 10.6. The zero-order chi connectivity index (χ0) is 15.0. The molecule has 1 fully saturated rings. The highest BCUT2D eigenvalue weighted by Crippen LogP contribution is 2.31. The SMILES string of the molecule is O=C(O)CC1(O)CCN(S(=O)(=O)c2ccc(F)s2)CC1.